The first-order valence-electron chi connectivity index (χ1n) is 9.03. The first kappa shape index (κ1) is 17.8. The minimum Gasteiger partial charge on any atom is -0.387 e. The monoisotopic (exact) mass is 340 g/mol. The van der Waals surface area contributed by atoms with Gasteiger partial charge in [0.15, 0.2) is 0 Å². The van der Waals surface area contributed by atoms with Gasteiger partial charge in [-0.15, -0.1) is 0 Å². The Balaban J connectivity index is 1.54. The molecule has 1 aliphatic rings. The molecule has 1 aliphatic heterocycles. The van der Waals surface area contributed by atoms with Gasteiger partial charge in [-0.2, -0.15) is 0 Å². The Morgan fingerprint density at radius 2 is 1.84 bits per heavy atom. The molecule has 2 heterocycles. The van der Waals surface area contributed by atoms with Crippen LogP contribution < -0.4 is 4.90 Å². The van der Waals surface area contributed by atoms with E-state index < -0.39 is 6.10 Å². The van der Waals surface area contributed by atoms with E-state index in [1.807, 2.05) is 44.2 Å². The van der Waals surface area contributed by atoms with Crippen molar-refractivity contribution in [1.29, 1.82) is 0 Å². The summed E-state index contributed by atoms with van der Waals surface area (Å²) < 4.78 is 0. The number of aryl methyl sites for hydroxylation is 2. The SMILES string of the molecule is Cc1cc(N2CCC(N(C)C[C@H](O)c3ccccc3)CC2)nc(C)n1. The summed E-state index contributed by atoms with van der Waals surface area (Å²) in [5.74, 6) is 1.87. The second-order valence-corrected chi connectivity index (χ2v) is 7.00. The van der Waals surface area contributed by atoms with Crippen LogP contribution in [0.3, 0.4) is 0 Å². The van der Waals surface area contributed by atoms with Crippen molar-refractivity contribution in [1.82, 2.24) is 14.9 Å². The maximum atomic E-state index is 10.4. The van der Waals surface area contributed by atoms with Crippen molar-refractivity contribution in [2.45, 2.75) is 38.8 Å². The van der Waals surface area contributed by atoms with E-state index in [9.17, 15) is 5.11 Å². The number of anilines is 1. The number of nitrogens with zero attached hydrogens (tertiary/aromatic N) is 4. The lowest BCUT2D eigenvalue weighted by Gasteiger charge is -2.38. The van der Waals surface area contributed by atoms with Gasteiger partial charge in [-0.3, -0.25) is 0 Å². The molecule has 1 aromatic carbocycles. The fraction of sp³-hybridized carbons (Fsp3) is 0.500. The van der Waals surface area contributed by atoms with Crippen LogP contribution in [0.25, 0.3) is 0 Å². The molecule has 1 aromatic heterocycles. The van der Waals surface area contributed by atoms with Gasteiger partial charge >= 0.3 is 0 Å². The highest BCUT2D eigenvalue weighted by molar-refractivity contribution is 5.40. The quantitative estimate of drug-likeness (QED) is 0.907. The molecule has 0 saturated carbocycles. The molecule has 3 rings (SSSR count). The van der Waals surface area contributed by atoms with E-state index in [1.54, 1.807) is 0 Å². The number of likely N-dealkylation sites (N-methyl/N-ethyl adjacent to an activating group) is 1. The molecule has 0 amide bonds. The Hall–Kier alpha value is -1.98. The number of aliphatic hydroxyl groups excluding tert-OH is 1. The highest BCUT2D eigenvalue weighted by Crippen LogP contribution is 2.23. The van der Waals surface area contributed by atoms with Gasteiger partial charge in [-0.1, -0.05) is 30.3 Å². The fourth-order valence-electron chi connectivity index (χ4n) is 3.60. The van der Waals surface area contributed by atoms with E-state index in [4.69, 9.17) is 0 Å². The predicted octanol–water partition coefficient (Wildman–Crippen LogP) is 2.73. The first-order valence-corrected chi connectivity index (χ1v) is 9.03. The molecule has 1 fully saturated rings. The van der Waals surface area contributed by atoms with Crippen LogP contribution in [0.2, 0.25) is 0 Å². The Kier molecular flexibility index (Phi) is 5.66. The topological polar surface area (TPSA) is 52.5 Å². The molecular formula is C20H28N4O. The number of piperidine rings is 1. The lowest BCUT2D eigenvalue weighted by atomic mass is 10.0. The molecule has 1 atom stereocenters. The third-order valence-corrected chi connectivity index (χ3v) is 5.01. The normalized spacial score (nSPS) is 17.1. The number of hydrogen-bond acceptors (Lipinski definition) is 5. The molecule has 1 N–H and O–H groups in total. The second-order valence-electron chi connectivity index (χ2n) is 7.00. The molecule has 0 radical (unpaired) electrons. The van der Waals surface area contributed by atoms with Crippen LogP contribution in [0, 0.1) is 13.8 Å². The number of hydrogen-bond donors (Lipinski definition) is 1. The summed E-state index contributed by atoms with van der Waals surface area (Å²) in [6.07, 6.45) is 1.73. The van der Waals surface area contributed by atoms with Crippen molar-refractivity contribution in [2.75, 3.05) is 31.6 Å². The van der Waals surface area contributed by atoms with Crippen LogP contribution >= 0.6 is 0 Å². The van der Waals surface area contributed by atoms with E-state index in [-0.39, 0.29) is 0 Å². The zero-order valence-corrected chi connectivity index (χ0v) is 15.4. The van der Waals surface area contributed by atoms with Gasteiger partial charge in [0.05, 0.1) is 6.10 Å². The lowest BCUT2D eigenvalue weighted by molar-refractivity contribution is 0.0959. The molecule has 0 unspecified atom stereocenters. The summed E-state index contributed by atoms with van der Waals surface area (Å²) in [4.78, 5) is 13.6. The molecule has 5 heteroatoms. The van der Waals surface area contributed by atoms with Crippen LogP contribution in [-0.2, 0) is 0 Å². The van der Waals surface area contributed by atoms with Gasteiger partial charge in [0, 0.05) is 37.4 Å². The van der Waals surface area contributed by atoms with Gasteiger partial charge in [-0.05, 0) is 39.3 Å². The van der Waals surface area contributed by atoms with E-state index in [2.05, 4.69) is 32.9 Å². The number of aromatic nitrogens is 2. The van der Waals surface area contributed by atoms with Gasteiger partial charge < -0.3 is 14.9 Å². The third-order valence-electron chi connectivity index (χ3n) is 5.01. The van der Waals surface area contributed by atoms with Gasteiger partial charge in [0.1, 0.15) is 11.6 Å². The van der Waals surface area contributed by atoms with Crippen LogP contribution in [0.15, 0.2) is 36.4 Å². The highest BCUT2D eigenvalue weighted by atomic mass is 16.3. The molecule has 25 heavy (non-hydrogen) atoms. The van der Waals surface area contributed by atoms with E-state index in [1.165, 1.54) is 0 Å². The van der Waals surface area contributed by atoms with Crippen molar-refractivity contribution >= 4 is 5.82 Å². The van der Waals surface area contributed by atoms with Crippen molar-refractivity contribution in [3.63, 3.8) is 0 Å². The summed E-state index contributed by atoms with van der Waals surface area (Å²) in [6, 6.07) is 12.5. The molecule has 0 bridgehead atoms. The standard InChI is InChI=1S/C20H28N4O/c1-15-13-20(22-16(2)21-15)24-11-9-18(10-12-24)23(3)14-19(25)17-7-5-4-6-8-17/h4-8,13,18-19,25H,9-12,14H2,1-3H3/t19-/m0/s1. The zero-order valence-electron chi connectivity index (χ0n) is 15.4. The third kappa shape index (κ3) is 4.55. The number of rotatable bonds is 5. The molecule has 0 aliphatic carbocycles. The van der Waals surface area contributed by atoms with Crippen molar-refractivity contribution in [2.24, 2.45) is 0 Å². The Morgan fingerprint density at radius 3 is 2.48 bits per heavy atom. The average Bonchev–Trinajstić information content (AvgIpc) is 2.61. The second kappa shape index (κ2) is 7.93. The summed E-state index contributed by atoms with van der Waals surface area (Å²) in [5.41, 5.74) is 2.01. The number of aliphatic hydroxyl groups is 1. The summed E-state index contributed by atoms with van der Waals surface area (Å²) in [7, 11) is 2.12. The smallest absolute Gasteiger partial charge is 0.132 e. The van der Waals surface area contributed by atoms with Crippen LogP contribution in [-0.4, -0.2) is 52.7 Å². The average molecular weight is 340 g/mol. The summed E-state index contributed by atoms with van der Waals surface area (Å²) in [6.45, 7) is 6.62. The maximum Gasteiger partial charge on any atom is 0.132 e. The van der Waals surface area contributed by atoms with E-state index >= 15 is 0 Å². The van der Waals surface area contributed by atoms with Gasteiger partial charge in [0.25, 0.3) is 0 Å². The molecular weight excluding hydrogens is 312 g/mol. The van der Waals surface area contributed by atoms with E-state index in [0.29, 0.717) is 12.6 Å². The minimum absolute atomic E-state index is 0.434. The van der Waals surface area contributed by atoms with Crippen molar-refractivity contribution < 1.29 is 5.11 Å². The van der Waals surface area contributed by atoms with Crippen LogP contribution in [0.1, 0.15) is 36.0 Å². The van der Waals surface area contributed by atoms with Crippen molar-refractivity contribution in [3.05, 3.63) is 53.5 Å². The highest BCUT2D eigenvalue weighted by Gasteiger charge is 2.25. The molecule has 134 valence electrons. The van der Waals surface area contributed by atoms with Crippen LogP contribution in [0.5, 0.6) is 0 Å². The summed E-state index contributed by atoms with van der Waals surface area (Å²) in [5, 5.41) is 10.4. The largest absolute Gasteiger partial charge is 0.387 e. The zero-order chi connectivity index (χ0) is 17.8. The van der Waals surface area contributed by atoms with Crippen LogP contribution in [0.4, 0.5) is 5.82 Å². The number of benzene rings is 1. The molecule has 2 aromatic rings. The van der Waals surface area contributed by atoms with Gasteiger partial charge in [0.2, 0.25) is 0 Å². The van der Waals surface area contributed by atoms with Gasteiger partial charge in [-0.25, -0.2) is 9.97 Å². The lowest BCUT2D eigenvalue weighted by Crippen LogP contribution is -2.44. The summed E-state index contributed by atoms with van der Waals surface area (Å²) >= 11 is 0. The Labute approximate surface area is 150 Å². The Morgan fingerprint density at radius 1 is 1.16 bits per heavy atom. The van der Waals surface area contributed by atoms with Crippen molar-refractivity contribution in [3.8, 4) is 0 Å². The Bertz CT molecular complexity index is 663. The molecule has 5 nitrogen and oxygen atoms in total. The molecule has 0 spiro atoms. The molecule has 1 saturated heterocycles. The first-order chi connectivity index (χ1) is 12.0. The predicted molar refractivity (Wildman–Crippen MR) is 101 cm³/mol. The minimum atomic E-state index is -0.434. The maximum absolute atomic E-state index is 10.4. The van der Waals surface area contributed by atoms with E-state index in [0.717, 1.165) is 48.8 Å². The fourth-order valence-corrected chi connectivity index (χ4v) is 3.60.